The Balaban J connectivity index is 1.22. The van der Waals surface area contributed by atoms with Crippen LogP contribution in [0.4, 0.5) is 17.1 Å². The lowest BCUT2D eigenvalue weighted by Gasteiger charge is -2.31. The van der Waals surface area contributed by atoms with Crippen molar-refractivity contribution in [2.24, 2.45) is 0 Å². The van der Waals surface area contributed by atoms with Crippen molar-refractivity contribution in [1.82, 2.24) is 0 Å². The number of hydrogen-bond donors (Lipinski definition) is 0. The van der Waals surface area contributed by atoms with Crippen LogP contribution in [0.25, 0.3) is 42.4 Å². The molecule has 1 atom stereocenters. The van der Waals surface area contributed by atoms with E-state index in [4.69, 9.17) is 0 Å². The maximum absolute atomic E-state index is 2.49. The summed E-state index contributed by atoms with van der Waals surface area (Å²) in [4.78, 5) is 2.49. The Morgan fingerprint density at radius 3 is 1.71 bits per heavy atom. The summed E-state index contributed by atoms with van der Waals surface area (Å²) in [5.74, 6) is 0. The summed E-state index contributed by atoms with van der Waals surface area (Å²) in [7, 11) is 0. The molecule has 7 aromatic carbocycles. The van der Waals surface area contributed by atoms with Crippen LogP contribution in [0.3, 0.4) is 0 Å². The number of hydrogen-bond acceptors (Lipinski definition) is 2. The summed E-state index contributed by atoms with van der Waals surface area (Å²) < 4.78 is 2.64. The van der Waals surface area contributed by atoms with E-state index in [-0.39, 0.29) is 10.8 Å². The average Bonchev–Trinajstić information content (AvgIpc) is 3.73. The first-order chi connectivity index (χ1) is 23.9. The minimum atomic E-state index is -0.274. The van der Waals surface area contributed by atoms with Crippen LogP contribution >= 0.6 is 11.3 Å². The number of nitrogens with zero attached hydrogens (tertiary/aromatic N) is 1. The van der Waals surface area contributed by atoms with E-state index >= 15 is 0 Å². The van der Waals surface area contributed by atoms with Gasteiger partial charge >= 0.3 is 0 Å². The van der Waals surface area contributed by atoms with Crippen LogP contribution in [0.5, 0.6) is 0 Å². The first-order valence-corrected chi connectivity index (χ1v) is 18.0. The van der Waals surface area contributed by atoms with Crippen molar-refractivity contribution in [2.75, 3.05) is 4.90 Å². The third-order valence-electron chi connectivity index (χ3n) is 11.4. The molecule has 49 heavy (non-hydrogen) atoms. The summed E-state index contributed by atoms with van der Waals surface area (Å²) in [5, 5.41) is 2.62. The Hall–Kier alpha value is -5.44. The molecule has 0 fully saturated rings. The van der Waals surface area contributed by atoms with Gasteiger partial charge in [0.05, 0.1) is 0 Å². The van der Waals surface area contributed by atoms with Crippen LogP contribution in [0, 0.1) is 0 Å². The van der Waals surface area contributed by atoms with E-state index in [1.165, 1.54) is 87.3 Å². The maximum Gasteiger partial charge on any atom is 0.0468 e. The highest BCUT2D eigenvalue weighted by molar-refractivity contribution is 7.25. The molecule has 0 spiro atoms. The van der Waals surface area contributed by atoms with E-state index in [9.17, 15) is 0 Å². The second kappa shape index (κ2) is 10.3. The van der Waals surface area contributed by atoms with Gasteiger partial charge in [0.1, 0.15) is 0 Å². The van der Waals surface area contributed by atoms with Crippen molar-refractivity contribution in [3.63, 3.8) is 0 Å². The molecular weight excluding hydrogens is 611 g/mol. The van der Waals surface area contributed by atoms with Gasteiger partial charge in [0.2, 0.25) is 0 Å². The normalized spacial score (nSPS) is 16.7. The molecule has 234 valence electrons. The van der Waals surface area contributed by atoms with Crippen molar-refractivity contribution >= 4 is 48.6 Å². The summed E-state index contributed by atoms with van der Waals surface area (Å²) >= 11 is 1.87. The molecule has 1 heterocycles. The molecule has 0 saturated heterocycles. The van der Waals surface area contributed by atoms with Crippen molar-refractivity contribution in [3.05, 3.63) is 186 Å². The Labute approximate surface area is 291 Å². The molecule has 0 N–H and O–H groups in total. The number of thiophene rings is 1. The number of fused-ring (bicyclic) bond motifs is 9. The van der Waals surface area contributed by atoms with Crippen molar-refractivity contribution in [3.8, 4) is 22.3 Å². The number of rotatable bonds is 4. The monoisotopic (exact) mass is 645 g/mol. The molecule has 2 aliphatic rings. The van der Waals surface area contributed by atoms with Gasteiger partial charge in [-0.25, -0.2) is 0 Å². The molecule has 0 radical (unpaired) electrons. The van der Waals surface area contributed by atoms with Crippen LogP contribution in [0.1, 0.15) is 48.6 Å². The Morgan fingerprint density at radius 1 is 0.408 bits per heavy atom. The minimum Gasteiger partial charge on any atom is -0.310 e. The maximum atomic E-state index is 2.49. The van der Waals surface area contributed by atoms with Gasteiger partial charge in [-0.2, -0.15) is 0 Å². The SMILES string of the molecule is CC1(C)c2ccccc2-c2ccc(N(c3ccc4c(c3)C(C)(c3ccccc3)c3ccccc3-4)c3ccc4sc5ccccc5c4c3)cc21. The number of benzene rings is 7. The van der Waals surface area contributed by atoms with Crippen molar-refractivity contribution < 1.29 is 0 Å². The first-order valence-electron chi connectivity index (χ1n) is 17.2. The van der Waals surface area contributed by atoms with Gasteiger partial charge in [0.15, 0.2) is 0 Å². The van der Waals surface area contributed by atoms with E-state index in [0.717, 1.165) is 0 Å². The summed E-state index contributed by atoms with van der Waals surface area (Å²) in [5.41, 5.74) is 15.3. The quantitative estimate of drug-likeness (QED) is 0.184. The van der Waals surface area contributed by atoms with Gasteiger partial charge < -0.3 is 4.90 Å². The van der Waals surface area contributed by atoms with Crippen molar-refractivity contribution in [1.29, 1.82) is 0 Å². The van der Waals surface area contributed by atoms with E-state index in [1.54, 1.807) is 0 Å². The van der Waals surface area contributed by atoms with Crippen molar-refractivity contribution in [2.45, 2.75) is 31.6 Å². The third-order valence-corrected chi connectivity index (χ3v) is 12.5. The van der Waals surface area contributed by atoms with E-state index in [0.29, 0.717) is 0 Å². The standard InChI is InChI=1S/C47H35NS/c1-46(2)40-18-10-7-15-34(40)36-24-21-32(28-42(36)46)48(31-23-26-45-39(27-31)38-17-9-12-20-44(38)49-45)33-22-25-37-35-16-8-11-19-41(35)47(3,43(37)29-33)30-13-5-4-6-14-30/h4-29H,1-3H3. The second-order valence-corrected chi connectivity index (χ2v) is 15.4. The molecule has 0 saturated carbocycles. The zero-order chi connectivity index (χ0) is 32.9. The lowest BCUT2D eigenvalue weighted by Crippen LogP contribution is -2.23. The zero-order valence-corrected chi connectivity index (χ0v) is 28.7. The fraction of sp³-hybridized carbons (Fsp3) is 0.106. The van der Waals surface area contributed by atoms with Gasteiger partial charge in [0.25, 0.3) is 0 Å². The van der Waals surface area contributed by atoms with Gasteiger partial charge in [-0.3, -0.25) is 0 Å². The minimum absolute atomic E-state index is 0.0907. The van der Waals surface area contributed by atoms with E-state index in [1.807, 2.05) is 11.3 Å². The average molecular weight is 646 g/mol. The Bertz CT molecular complexity index is 2610. The fourth-order valence-corrected chi connectivity index (χ4v) is 9.92. The smallest absolute Gasteiger partial charge is 0.0468 e. The second-order valence-electron chi connectivity index (χ2n) is 14.3. The molecule has 1 nitrogen and oxygen atoms in total. The van der Waals surface area contributed by atoms with Crippen LogP contribution in [-0.4, -0.2) is 0 Å². The Morgan fingerprint density at radius 2 is 0.939 bits per heavy atom. The van der Waals surface area contributed by atoms with Crippen LogP contribution < -0.4 is 4.90 Å². The molecule has 2 heteroatoms. The molecule has 0 bridgehead atoms. The zero-order valence-electron chi connectivity index (χ0n) is 27.9. The molecule has 0 aliphatic heterocycles. The highest BCUT2D eigenvalue weighted by Gasteiger charge is 2.41. The van der Waals surface area contributed by atoms with Crippen LogP contribution in [-0.2, 0) is 10.8 Å². The summed E-state index contributed by atoms with van der Waals surface area (Å²) in [6.45, 7) is 7.14. The highest BCUT2D eigenvalue weighted by Crippen LogP contribution is 2.55. The molecule has 1 unspecified atom stereocenters. The highest BCUT2D eigenvalue weighted by atomic mass is 32.1. The van der Waals surface area contributed by atoms with E-state index in [2.05, 4.69) is 183 Å². The summed E-state index contributed by atoms with van der Waals surface area (Å²) in [6, 6.07) is 59.0. The molecule has 8 aromatic rings. The number of anilines is 3. The van der Waals surface area contributed by atoms with Gasteiger partial charge in [-0.15, -0.1) is 11.3 Å². The molecule has 10 rings (SSSR count). The first kappa shape index (κ1) is 28.6. The summed E-state index contributed by atoms with van der Waals surface area (Å²) in [6.07, 6.45) is 0. The van der Waals surface area contributed by atoms with Gasteiger partial charge in [-0.05, 0) is 106 Å². The predicted octanol–water partition coefficient (Wildman–Crippen LogP) is 13.2. The van der Waals surface area contributed by atoms with Crippen LogP contribution in [0.2, 0.25) is 0 Å². The third kappa shape index (κ3) is 3.98. The van der Waals surface area contributed by atoms with E-state index < -0.39 is 0 Å². The Kier molecular flexibility index (Phi) is 5.99. The van der Waals surface area contributed by atoms with Crippen LogP contribution in [0.15, 0.2) is 158 Å². The predicted molar refractivity (Wildman–Crippen MR) is 209 cm³/mol. The molecule has 1 aromatic heterocycles. The largest absolute Gasteiger partial charge is 0.310 e. The van der Waals surface area contributed by atoms with Gasteiger partial charge in [-0.1, -0.05) is 123 Å². The van der Waals surface area contributed by atoms with Gasteiger partial charge in [0, 0.05) is 48.1 Å². The lowest BCUT2D eigenvalue weighted by molar-refractivity contribution is 0.660. The molecule has 0 amide bonds. The lowest BCUT2D eigenvalue weighted by atomic mass is 9.74. The fourth-order valence-electron chi connectivity index (χ4n) is 8.83. The topological polar surface area (TPSA) is 3.24 Å². The molecular formula is C47H35NS. The molecule has 2 aliphatic carbocycles.